The molecule has 2 fully saturated rings. The number of fused-ring (bicyclic) bond motifs is 3. The Hall–Kier alpha value is -3.51. The second-order valence-electron chi connectivity index (χ2n) is 9.92. The maximum Gasteiger partial charge on any atom is 0.183 e. The monoisotopic (exact) mass is 496 g/mol. The normalized spacial score (nSPS) is 17.8. The predicted octanol–water partition coefficient (Wildman–Crippen LogP) is 4.35. The van der Waals surface area contributed by atoms with E-state index in [4.69, 9.17) is 14.5 Å². The first kappa shape index (κ1) is 23.9. The van der Waals surface area contributed by atoms with Crippen LogP contribution in [-0.2, 0) is 11.3 Å². The Balaban J connectivity index is 1.32. The number of ether oxygens (including phenoxy) is 2. The molecule has 0 aliphatic carbocycles. The van der Waals surface area contributed by atoms with Crippen molar-refractivity contribution in [2.45, 2.75) is 32.4 Å². The molecule has 0 radical (unpaired) electrons. The quantitative estimate of drug-likeness (QED) is 0.425. The van der Waals surface area contributed by atoms with Gasteiger partial charge in [-0.3, -0.25) is 4.90 Å². The zero-order valence-electron chi connectivity index (χ0n) is 21.2. The van der Waals surface area contributed by atoms with Crippen LogP contribution in [0, 0.1) is 11.3 Å². The van der Waals surface area contributed by atoms with Gasteiger partial charge in [-0.05, 0) is 36.6 Å². The fourth-order valence-corrected chi connectivity index (χ4v) is 5.42. The second kappa shape index (κ2) is 10.5. The molecule has 5 heterocycles. The van der Waals surface area contributed by atoms with Gasteiger partial charge in [0.05, 0.1) is 30.3 Å². The Morgan fingerprint density at radius 3 is 2.54 bits per heavy atom. The summed E-state index contributed by atoms with van der Waals surface area (Å²) >= 11 is 0. The summed E-state index contributed by atoms with van der Waals surface area (Å²) in [5.41, 5.74) is 5.36. The van der Waals surface area contributed by atoms with E-state index >= 15 is 0 Å². The van der Waals surface area contributed by atoms with E-state index in [0.29, 0.717) is 11.4 Å². The number of rotatable bonds is 6. The predicted molar refractivity (Wildman–Crippen MR) is 143 cm³/mol. The van der Waals surface area contributed by atoms with Crippen LogP contribution in [0.15, 0.2) is 42.7 Å². The zero-order valence-corrected chi connectivity index (χ0v) is 21.2. The third-order valence-corrected chi connectivity index (χ3v) is 7.61. The summed E-state index contributed by atoms with van der Waals surface area (Å²) < 4.78 is 12.0. The number of aromatic amines is 1. The van der Waals surface area contributed by atoms with Crippen molar-refractivity contribution in [3.63, 3.8) is 0 Å². The summed E-state index contributed by atoms with van der Waals surface area (Å²) in [6, 6.07) is 13.1. The van der Waals surface area contributed by atoms with E-state index in [9.17, 15) is 5.26 Å². The van der Waals surface area contributed by atoms with E-state index in [1.165, 1.54) is 5.56 Å². The van der Waals surface area contributed by atoms with Gasteiger partial charge >= 0.3 is 0 Å². The molecule has 3 aromatic heterocycles. The Labute approximate surface area is 216 Å². The number of H-pyrrole nitrogens is 1. The Kier molecular flexibility index (Phi) is 6.75. The van der Waals surface area contributed by atoms with Crippen molar-refractivity contribution in [2.24, 2.45) is 0 Å². The number of nitrogens with one attached hydrogen (secondary N) is 1. The average Bonchev–Trinajstić information content (AvgIpc) is 3.33. The van der Waals surface area contributed by atoms with Crippen LogP contribution in [0.2, 0.25) is 0 Å². The number of hydrogen-bond acceptors (Lipinski definition) is 7. The van der Waals surface area contributed by atoms with Crippen molar-refractivity contribution < 1.29 is 9.47 Å². The molecule has 1 aromatic carbocycles. The Bertz CT molecular complexity index is 1430. The molecule has 1 N–H and O–H groups in total. The number of likely N-dealkylation sites (tertiary alicyclic amines) is 1. The highest BCUT2D eigenvalue weighted by Gasteiger charge is 2.24. The molecule has 0 spiro atoms. The molecule has 2 aliphatic rings. The van der Waals surface area contributed by atoms with Crippen molar-refractivity contribution in [3.8, 4) is 22.9 Å². The highest BCUT2D eigenvalue weighted by atomic mass is 16.5. The lowest BCUT2D eigenvalue weighted by molar-refractivity contribution is 0.0342. The second-order valence-corrected chi connectivity index (χ2v) is 9.92. The van der Waals surface area contributed by atoms with Crippen molar-refractivity contribution >= 4 is 21.9 Å². The SMILES string of the molecule is CCN1CCC(Oc2c(C#N)ncc3[nH]c4ncc(-c5ccc(CN6CCOCC6)cc5)cc4c23)CC1. The smallest absolute Gasteiger partial charge is 0.183 e. The molecule has 37 heavy (non-hydrogen) atoms. The van der Waals surface area contributed by atoms with Gasteiger partial charge in [0, 0.05) is 49.9 Å². The number of nitrogens with zero attached hydrogens (tertiary/aromatic N) is 5. The van der Waals surface area contributed by atoms with Gasteiger partial charge in [0.1, 0.15) is 17.8 Å². The fourth-order valence-electron chi connectivity index (χ4n) is 5.42. The van der Waals surface area contributed by atoms with Crippen molar-refractivity contribution in [1.29, 1.82) is 5.26 Å². The van der Waals surface area contributed by atoms with Gasteiger partial charge in [-0.15, -0.1) is 0 Å². The lowest BCUT2D eigenvalue weighted by atomic mass is 10.0. The molecule has 0 unspecified atom stereocenters. The van der Waals surface area contributed by atoms with Gasteiger partial charge in [-0.25, -0.2) is 9.97 Å². The van der Waals surface area contributed by atoms with E-state index in [1.54, 1.807) is 6.20 Å². The standard InChI is InChI=1S/C29H32N6O2/c1-2-34-9-7-23(8-10-34)37-28-25(16-30)31-18-26-27(28)24-15-22(17-32-29(24)33-26)21-5-3-20(4-6-21)19-35-11-13-36-14-12-35/h3-6,15,17-18,23H,2,7-14,19H2,1H3,(H,32,33). The summed E-state index contributed by atoms with van der Waals surface area (Å²) in [5.74, 6) is 0.570. The summed E-state index contributed by atoms with van der Waals surface area (Å²) in [6.45, 7) is 9.76. The maximum absolute atomic E-state index is 9.84. The molecule has 2 saturated heterocycles. The first-order valence-electron chi connectivity index (χ1n) is 13.2. The molecule has 2 aliphatic heterocycles. The molecule has 0 atom stereocenters. The summed E-state index contributed by atoms with van der Waals surface area (Å²) in [5, 5.41) is 11.7. The van der Waals surface area contributed by atoms with Crippen LogP contribution in [-0.4, -0.2) is 76.8 Å². The van der Waals surface area contributed by atoms with Gasteiger partial charge in [0.25, 0.3) is 0 Å². The maximum atomic E-state index is 9.84. The summed E-state index contributed by atoms with van der Waals surface area (Å²) in [6.07, 6.45) is 5.56. The Morgan fingerprint density at radius 1 is 1.03 bits per heavy atom. The molecule has 4 aromatic rings. The number of piperidine rings is 1. The van der Waals surface area contributed by atoms with Gasteiger partial charge in [0.2, 0.25) is 0 Å². The number of hydrogen-bond donors (Lipinski definition) is 1. The van der Waals surface area contributed by atoms with Crippen LogP contribution in [0.1, 0.15) is 31.0 Å². The van der Waals surface area contributed by atoms with Crippen molar-refractivity contribution in [1.82, 2.24) is 24.8 Å². The molecule has 8 heteroatoms. The topological polar surface area (TPSA) is 90.3 Å². The molecule has 190 valence electrons. The minimum atomic E-state index is 0.0717. The van der Waals surface area contributed by atoms with Crippen LogP contribution in [0.5, 0.6) is 5.75 Å². The van der Waals surface area contributed by atoms with Gasteiger partial charge in [-0.1, -0.05) is 31.2 Å². The van der Waals surface area contributed by atoms with Crippen LogP contribution >= 0.6 is 0 Å². The zero-order chi connectivity index (χ0) is 25.2. The van der Waals surface area contributed by atoms with Crippen LogP contribution < -0.4 is 4.74 Å². The summed E-state index contributed by atoms with van der Waals surface area (Å²) in [4.78, 5) is 17.3. The third kappa shape index (κ3) is 4.90. The van der Waals surface area contributed by atoms with E-state index in [-0.39, 0.29) is 6.10 Å². The van der Waals surface area contributed by atoms with Gasteiger partial charge in [0.15, 0.2) is 11.4 Å². The van der Waals surface area contributed by atoms with Crippen LogP contribution in [0.25, 0.3) is 33.1 Å². The summed E-state index contributed by atoms with van der Waals surface area (Å²) in [7, 11) is 0. The molecule has 6 rings (SSSR count). The Morgan fingerprint density at radius 2 is 1.81 bits per heavy atom. The highest BCUT2D eigenvalue weighted by molar-refractivity contribution is 6.10. The third-order valence-electron chi connectivity index (χ3n) is 7.61. The number of morpholine rings is 1. The highest BCUT2D eigenvalue weighted by Crippen LogP contribution is 2.37. The number of benzene rings is 1. The first-order chi connectivity index (χ1) is 18.2. The lowest BCUT2D eigenvalue weighted by Crippen LogP contribution is -2.38. The largest absolute Gasteiger partial charge is 0.487 e. The number of aromatic nitrogens is 3. The average molecular weight is 497 g/mol. The lowest BCUT2D eigenvalue weighted by Gasteiger charge is -2.31. The van der Waals surface area contributed by atoms with Crippen molar-refractivity contribution in [3.05, 3.63) is 54.0 Å². The van der Waals surface area contributed by atoms with Gasteiger partial charge < -0.3 is 19.4 Å². The van der Waals surface area contributed by atoms with E-state index in [2.05, 4.69) is 63.1 Å². The minimum Gasteiger partial charge on any atom is -0.487 e. The molecule has 0 saturated carbocycles. The molecular weight excluding hydrogens is 464 g/mol. The first-order valence-corrected chi connectivity index (χ1v) is 13.2. The fraction of sp³-hybridized carbons (Fsp3) is 0.414. The number of pyridine rings is 2. The molecule has 0 amide bonds. The van der Waals surface area contributed by atoms with Crippen LogP contribution in [0.4, 0.5) is 0 Å². The van der Waals surface area contributed by atoms with E-state index in [1.807, 2.05) is 6.20 Å². The van der Waals surface area contributed by atoms with Gasteiger partial charge in [-0.2, -0.15) is 5.26 Å². The molecular formula is C29H32N6O2. The van der Waals surface area contributed by atoms with E-state index < -0.39 is 0 Å². The minimum absolute atomic E-state index is 0.0717. The van der Waals surface area contributed by atoms with Crippen LogP contribution in [0.3, 0.4) is 0 Å². The van der Waals surface area contributed by atoms with Crippen molar-refractivity contribution in [2.75, 3.05) is 45.9 Å². The number of nitriles is 1. The molecule has 8 nitrogen and oxygen atoms in total. The van der Waals surface area contributed by atoms with E-state index in [0.717, 1.165) is 98.4 Å². The molecule has 0 bridgehead atoms.